The van der Waals surface area contributed by atoms with Gasteiger partial charge in [-0.3, -0.25) is 14.4 Å². The summed E-state index contributed by atoms with van der Waals surface area (Å²) in [4.78, 5) is 34.5. The Morgan fingerprint density at radius 1 is 1.23 bits per heavy atom. The van der Waals surface area contributed by atoms with Crippen LogP contribution in [-0.4, -0.2) is 27.3 Å². The lowest BCUT2D eigenvalue weighted by molar-refractivity contribution is -0.134. The molecule has 0 saturated carbocycles. The summed E-state index contributed by atoms with van der Waals surface area (Å²) in [5.41, 5.74) is 0.662. The van der Waals surface area contributed by atoms with Gasteiger partial charge in [-0.1, -0.05) is 35.7 Å². The zero-order valence-corrected chi connectivity index (χ0v) is 13.1. The van der Waals surface area contributed by atoms with Crippen LogP contribution in [0.2, 0.25) is 0 Å². The zero-order valence-electron chi connectivity index (χ0n) is 11.5. The van der Waals surface area contributed by atoms with Gasteiger partial charge in [-0.15, -0.1) is 0 Å². The van der Waals surface area contributed by atoms with Crippen LogP contribution in [0.3, 0.4) is 0 Å². The van der Waals surface area contributed by atoms with Crippen molar-refractivity contribution in [2.45, 2.75) is 18.1 Å². The number of hydrogen-bond acceptors (Lipinski definition) is 5. The average molecular weight is 341 g/mol. The number of carboxylic acids is 1. The third-order valence-corrected chi connectivity index (χ3v) is 5.60. The van der Waals surface area contributed by atoms with Gasteiger partial charge in [0, 0.05) is 6.54 Å². The number of carbonyl (C=O) groups excluding carboxylic acids is 2. The molecule has 1 aromatic rings. The predicted molar refractivity (Wildman–Crippen MR) is 82.6 cm³/mol. The van der Waals surface area contributed by atoms with Crippen LogP contribution in [0.15, 0.2) is 34.1 Å². The maximum absolute atomic E-state index is 12.8. The molecule has 1 heterocycles. The molecule has 1 amide bonds. The van der Waals surface area contributed by atoms with E-state index in [0.29, 0.717) is 9.80 Å². The highest BCUT2D eigenvalue weighted by Crippen LogP contribution is 2.52. The van der Waals surface area contributed by atoms with E-state index in [9.17, 15) is 18.8 Å². The number of aliphatic carboxylic acids is 1. The molecule has 1 saturated heterocycles. The Bertz CT molecular complexity index is 649. The summed E-state index contributed by atoms with van der Waals surface area (Å²) in [5.74, 6) is -2.34. The molecular formula is C14H12FNO4S2. The summed E-state index contributed by atoms with van der Waals surface area (Å²) in [6.07, 6.45) is 0. The number of hydrogen-bond donors (Lipinski definition) is 2. The first-order chi connectivity index (χ1) is 10.4. The quantitative estimate of drug-likeness (QED) is 0.485. The Morgan fingerprint density at radius 3 is 2.32 bits per heavy atom. The first-order valence-electron chi connectivity index (χ1n) is 6.22. The second-order valence-corrected chi connectivity index (χ2v) is 7.22. The fraction of sp³-hybridized carbons (Fsp3) is 0.214. The second-order valence-electron chi connectivity index (χ2n) is 4.43. The lowest BCUT2D eigenvalue weighted by atomic mass is 10.2. The van der Waals surface area contributed by atoms with Gasteiger partial charge in [0.25, 0.3) is 5.91 Å². The number of Topliss-reactive ketones (excluding diaryl/α,β-unsaturated/α-hetero) is 1. The minimum absolute atomic E-state index is 0.0328. The minimum Gasteiger partial charge on any atom is -0.480 e. The van der Waals surface area contributed by atoms with E-state index in [2.05, 4.69) is 5.32 Å². The van der Waals surface area contributed by atoms with Crippen LogP contribution < -0.4 is 5.32 Å². The van der Waals surface area contributed by atoms with E-state index >= 15 is 0 Å². The topological polar surface area (TPSA) is 83.5 Å². The van der Waals surface area contributed by atoms with Gasteiger partial charge in [0.05, 0.1) is 4.24 Å². The second kappa shape index (κ2) is 6.97. The number of carbonyl (C=O) groups is 3. The molecule has 116 valence electrons. The molecule has 22 heavy (non-hydrogen) atoms. The Labute approximate surface area is 134 Å². The van der Waals surface area contributed by atoms with Gasteiger partial charge in [0.15, 0.2) is 10.4 Å². The summed E-state index contributed by atoms with van der Waals surface area (Å²) in [7, 11) is 0. The first-order valence-corrected chi connectivity index (χ1v) is 7.98. The van der Waals surface area contributed by atoms with Crippen LogP contribution in [0.25, 0.3) is 0 Å². The maximum atomic E-state index is 12.8. The Balaban J connectivity index is 2.02. The smallest absolute Gasteiger partial charge is 0.327 e. The van der Waals surface area contributed by atoms with Gasteiger partial charge >= 0.3 is 5.97 Å². The number of amides is 1. The molecule has 0 atom stereocenters. The summed E-state index contributed by atoms with van der Waals surface area (Å²) in [5, 5.41) is 11.4. The molecule has 1 fully saturated rings. The highest BCUT2D eigenvalue weighted by atomic mass is 32.3. The standard InChI is InChI=1S/C14H12FNO4S2/c1-7(17)10(13-21-14(22-13)12(19)20)11(18)16-6-8-2-4-9(15)5-3-8/h2-5,14H,6H2,1H3,(H,16,18)(H,19,20). The lowest BCUT2D eigenvalue weighted by Crippen LogP contribution is -2.30. The number of nitrogens with one attached hydrogen (secondary N) is 1. The van der Waals surface area contributed by atoms with Gasteiger partial charge in [-0.2, -0.15) is 0 Å². The monoisotopic (exact) mass is 341 g/mol. The van der Waals surface area contributed by atoms with Crippen molar-refractivity contribution in [3.8, 4) is 0 Å². The molecule has 2 N–H and O–H groups in total. The number of thioether (sulfide) groups is 2. The van der Waals surface area contributed by atoms with Crippen LogP contribution in [0, 0.1) is 5.82 Å². The van der Waals surface area contributed by atoms with Crippen LogP contribution in [0.1, 0.15) is 12.5 Å². The van der Waals surface area contributed by atoms with Crippen molar-refractivity contribution in [3.05, 3.63) is 45.5 Å². The molecule has 2 rings (SSSR count). The van der Waals surface area contributed by atoms with E-state index in [1.165, 1.54) is 31.2 Å². The third kappa shape index (κ3) is 3.89. The predicted octanol–water partition coefficient (Wildman–Crippen LogP) is 2.13. The summed E-state index contributed by atoms with van der Waals surface area (Å²) < 4.78 is 12.5. The van der Waals surface area contributed by atoms with Gasteiger partial charge in [-0.05, 0) is 24.6 Å². The van der Waals surface area contributed by atoms with Crippen LogP contribution in [0.5, 0.6) is 0 Å². The molecule has 1 aromatic carbocycles. The minimum atomic E-state index is -0.992. The molecule has 0 aliphatic carbocycles. The molecule has 1 aliphatic heterocycles. The Morgan fingerprint density at radius 2 is 1.82 bits per heavy atom. The molecular weight excluding hydrogens is 329 g/mol. The SMILES string of the molecule is CC(=O)C(C(=O)NCc1ccc(F)cc1)=C1SC(C(=O)O)S1. The van der Waals surface area contributed by atoms with Crippen molar-refractivity contribution in [2.24, 2.45) is 0 Å². The first kappa shape index (κ1) is 16.6. The van der Waals surface area contributed by atoms with Crippen molar-refractivity contribution < 1.29 is 23.9 Å². The van der Waals surface area contributed by atoms with Crippen LogP contribution in [-0.2, 0) is 20.9 Å². The number of benzene rings is 1. The van der Waals surface area contributed by atoms with Gasteiger partial charge in [-0.25, -0.2) is 4.39 Å². The van der Waals surface area contributed by atoms with E-state index in [1.54, 1.807) is 0 Å². The molecule has 0 radical (unpaired) electrons. The largest absolute Gasteiger partial charge is 0.480 e. The summed E-state index contributed by atoms with van der Waals surface area (Å²) >= 11 is 1.96. The van der Waals surface area contributed by atoms with Crippen LogP contribution >= 0.6 is 23.5 Å². The van der Waals surface area contributed by atoms with E-state index in [4.69, 9.17) is 5.11 Å². The normalized spacial score (nSPS) is 16.6. The summed E-state index contributed by atoms with van der Waals surface area (Å²) in [6, 6.07) is 5.62. The Kier molecular flexibility index (Phi) is 5.25. The fourth-order valence-corrected chi connectivity index (χ4v) is 3.87. The van der Waals surface area contributed by atoms with E-state index in [-0.39, 0.29) is 17.9 Å². The molecule has 0 unspecified atom stereocenters. The van der Waals surface area contributed by atoms with Gasteiger partial charge in [0.2, 0.25) is 0 Å². The summed E-state index contributed by atoms with van der Waals surface area (Å²) in [6.45, 7) is 1.41. The molecule has 8 heteroatoms. The number of rotatable bonds is 5. The maximum Gasteiger partial charge on any atom is 0.327 e. The molecule has 0 aromatic heterocycles. The van der Waals surface area contributed by atoms with Crippen molar-refractivity contribution in [1.29, 1.82) is 0 Å². The third-order valence-electron chi connectivity index (χ3n) is 2.78. The number of halogens is 1. The number of carboxylic acid groups (broad SMARTS) is 1. The van der Waals surface area contributed by atoms with E-state index in [1.807, 2.05) is 0 Å². The van der Waals surface area contributed by atoms with Gasteiger partial charge < -0.3 is 10.4 Å². The van der Waals surface area contributed by atoms with Crippen molar-refractivity contribution in [3.63, 3.8) is 0 Å². The highest BCUT2D eigenvalue weighted by Gasteiger charge is 2.36. The van der Waals surface area contributed by atoms with Gasteiger partial charge in [0.1, 0.15) is 11.4 Å². The van der Waals surface area contributed by atoms with Crippen LogP contribution in [0.4, 0.5) is 4.39 Å². The molecule has 1 aliphatic rings. The highest BCUT2D eigenvalue weighted by molar-refractivity contribution is 8.39. The molecule has 0 bridgehead atoms. The van der Waals surface area contributed by atoms with E-state index < -0.39 is 22.2 Å². The molecule has 0 spiro atoms. The average Bonchev–Trinajstić information content (AvgIpc) is 2.40. The Hall–Kier alpha value is -1.80. The fourth-order valence-electron chi connectivity index (χ4n) is 1.69. The number of ketones is 1. The van der Waals surface area contributed by atoms with Crippen molar-refractivity contribution >= 4 is 41.2 Å². The zero-order chi connectivity index (χ0) is 16.3. The van der Waals surface area contributed by atoms with E-state index in [0.717, 1.165) is 23.5 Å². The lowest BCUT2D eigenvalue weighted by Gasteiger charge is -2.25. The van der Waals surface area contributed by atoms with Crippen molar-refractivity contribution in [2.75, 3.05) is 0 Å². The molecule has 5 nitrogen and oxygen atoms in total. The van der Waals surface area contributed by atoms with Crippen molar-refractivity contribution in [1.82, 2.24) is 5.32 Å².